The number of likely N-dealkylation sites (N-methyl/N-ethyl adjacent to an activating group) is 1. The van der Waals surface area contributed by atoms with Crippen LogP contribution in [0.15, 0.2) is 24.3 Å². The third-order valence-corrected chi connectivity index (χ3v) is 3.75. The Morgan fingerprint density at radius 1 is 1.47 bits per heavy atom. The number of nitrogens with zero attached hydrogens (tertiary/aromatic N) is 1. The highest BCUT2D eigenvalue weighted by molar-refractivity contribution is 5.35. The standard InChI is InChI=1S/C15H24N2O2/c1-12(14-6-4-5-7-15(14)18-3)17(2)11-13-10-16-8-9-19-13/h4-7,12-13,16H,8-11H2,1-3H3. The summed E-state index contributed by atoms with van der Waals surface area (Å²) < 4.78 is 11.2. The quantitative estimate of drug-likeness (QED) is 0.877. The van der Waals surface area contributed by atoms with Gasteiger partial charge in [-0.05, 0) is 20.0 Å². The molecular formula is C15H24N2O2. The molecule has 0 spiro atoms. The van der Waals surface area contributed by atoms with E-state index >= 15 is 0 Å². The second-order valence-corrected chi connectivity index (χ2v) is 5.05. The fourth-order valence-corrected chi connectivity index (χ4v) is 2.47. The third kappa shape index (κ3) is 3.69. The van der Waals surface area contributed by atoms with E-state index < -0.39 is 0 Å². The Balaban J connectivity index is 1.99. The zero-order valence-electron chi connectivity index (χ0n) is 12.1. The smallest absolute Gasteiger partial charge is 0.123 e. The van der Waals surface area contributed by atoms with Crippen molar-refractivity contribution in [1.29, 1.82) is 0 Å². The number of benzene rings is 1. The van der Waals surface area contributed by atoms with Crippen LogP contribution in [-0.2, 0) is 4.74 Å². The molecule has 0 aliphatic carbocycles. The monoisotopic (exact) mass is 264 g/mol. The van der Waals surface area contributed by atoms with Crippen molar-refractivity contribution < 1.29 is 9.47 Å². The summed E-state index contributed by atoms with van der Waals surface area (Å²) >= 11 is 0. The first-order valence-electron chi connectivity index (χ1n) is 6.88. The third-order valence-electron chi connectivity index (χ3n) is 3.75. The van der Waals surface area contributed by atoms with E-state index in [4.69, 9.17) is 9.47 Å². The molecule has 106 valence electrons. The Morgan fingerprint density at radius 3 is 2.95 bits per heavy atom. The van der Waals surface area contributed by atoms with E-state index in [1.165, 1.54) is 5.56 Å². The van der Waals surface area contributed by atoms with Crippen LogP contribution < -0.4 is 10.1 Å². The van der Waals surface area contributed by atoms with Crippen LogP contribution in [0.25, 0.3) is 0 Å². The molecule has 4 heteroatoms. The fourth-order valence-electron chi connectivity index (χ4n) is 2.47. The minimum Gasteiger partial charge on any atom is -0.496 e. The molecule has 1 aliphatic rings. The van der Waals surface area contributed by atoms with E-state index in [9.17, 15) is 0 Å². The average Bonchev–Trinajstić information content (AvgIpc) is 2.47. The van der Waals surface area contributed by atoms with E-state index in [-0.39, 0.29) is 6.10 Å². The molecule has 0 aromatic heterocycles. The molecule has 0 bridgehead atoms. The van der Waals surface area contributed by atoms with Crippen molar-refractivity contribution in [2.75, 3.05) is 40.4 Å². The van der Waals surface area contributed by atoms with Crippen molar-refractivity contribution >= 4 is 0 Å². The van der Waals surface area contributed by atoms with E-state index in [0.717, 1.165) is 32.0 Å². The summed E-state index contributed by atoms with van der Waals surface area (Å²) in [6.45, 7) is 5.83. The lowest BCUT2D eigenvalue weighted by atomic mass is 10.1. The van der Waals surface area contributed by atoms with Gasteiger partial charge in [-0.15, -0.1) is 0 Å². The van der Waals surface area contributed by atoms with E-state index in [0.29, 0.717) is 6.04 Å². The molecule has 1 saturated heterocycles. The Bertz CT molecular complexity index is 391. The largest absolute Gasteiger partial charge is 0.496 e. The summed E-state index contributed by atoms with van der Waals surface area (Å²) in [6.07, 6.45) is 0.274. The number of methoxy groups -OCH3 is 1. The summed E-state index contributed by atoms with van der Waals surface area (Å²) in [5, 5.41) is 3.37. The number of morpholine rings is 1. The van der Waals surface area contributed by atoms with Gasteiger partial charge in [0.25, 0.3) is 0 Å². The predicted octanol–water partition coefficient (Wildman–Crippen LogP) is 1.68. The lowest BCUT2D eigenvalue weighted by Crippen LogP contribution is -2.44. The van der Waals surface area contributed by atoms with E-state index in [2.05, 4.69) is 36.3 Å². The van der Waals surface area contributed by atoms with Crippen LogP contribution in [0.3, 0.4) is 0 Å². The number of para-hydroxylation sites is 1. The molecule has 0 amide bonds. The van der Waals surface area contributed by atoms with Gasteiger partial charge in [0.1, 0.15) is 5.75 Å². The molecule has 0 radical (unpaired) electrons. The summed E-state index contributed by atoms with van der Waals surface area (Å²) in [5.74, 6) is 0.949. The fraction of sp³-hybridized carbons (Fsp3) is 0.600. The highest BCUT2D eigenvalue weighted by Crippen LogP contribution is 2.28. The van der Waals surface area contributed by atoms with Crippen LogP contribution in [0.1, 0.15) is 18.5 Å². The van der Waals surface area contributed by atoms with Gasteiger partial charge in [-0.25, -0.2) is 0 Å². The highest BCUT2D eigenvalue weighted by atomic mass is 16.5. The van der Waals surface area contributed by atoms with Gasteiger partial charge in [-0.2, -0.15) is 0 Å². The van der Waals surface area contributed by atoms with E-state index in [1.54, 1.807) is 7.11 Å². The van der Waals surface area contributed by atoms with Gasteiger partial charge in [0.2, 0.25) is 0 Å². The molecule has 2 unspecified atom stereocenters. The lowest BCUT2D eigenvalue weighted by Gasteiger charge is -2.32. The second kappa shape index (κ2) is 6.89. The molecule has 1 aliphatic heterocycles. The molecule has 19 heavy (non-hydrogen) atoms. The van der Waals surface area contributed by atoms with Crippen molar-refractivity contribution in [2.45, 2.75) is 19.1 Å². The average molecular weight is 264 g/mol. The molecule has 2 atom stereocenters. The number of hydrogen-bond acceptors (Lipinski definition) is 4. The first-order valence-corrected chi connectivity index (χ1v) is 6.88. The van der Waals surface area contributed by atoms with Crippen molar-refractivity contribution in [2.24, 2.45) is 0 Å². The van der Waals surface area contributed by atoms with Crippen LogP contribution in [0, 0.1) is 0 Å². The SMILES string of the molecule is COc1ccccc1C(C)N(C)CC1CNCCO1. The Labute approximate surface area is 115 Å². The maximum atomic E-state index is 5.76. The maximum absolute atomic E-state index is 5.76. The van der Waals surface area contributed by atoms with Crippen LogP contribution in [0.5, 0.6) is 5.75 Å². The zero-order valence-corrected chi connectivity index (χ0v) is 12.1. The first kappa shape index (κ1) is 14.3. The van der Waals surface area contributed by atoms with Crippen LogP contribution in [-0.4, -0.2) is 51.4 Å². The minimum atomic E-state index is 0.274. The molecular weight excluding hydrogens is 240 g/mol. The number of nitrogens with one attached hydrogen (secondary N) is 1. The number of rotatable bonds is 5. The normalized spacial score (nSPS) is 21.4. The van der Waals surface area contributed by atoms with Gasteiger partial charge in [-0.3, -0.25) is 4.90 Å². The van der Waals surface area contributed by atoms with Gasteiger partial charge >= 0.3 is 0 Å². The van der Waals surface area contributed by atoms with Gasteiger partial charge < -0.3 is 14.8 Å². The molecule has 1 heterocycles. The number of hydrogen-bond donors (Lipinski definition) is 1. The molecule has 4 nitrogen and oxygen atoms in total. The number of ether oxygens (including phenoxy) is 2. The van der Waals surface area contributed by atoms with E-state index in [1.807, 2.05) is 12.1 Å². The molecule has 1 aromatic rings. The first-order chi connectivity index (χ1) is 9.22. The second-order valence-electron chi connectivity index (χ2n) is 5.05. The van der Waals surface area contributed by atoms with Crippen LogP contribution in [0.2, 0.25) is 0 Å². The van der Waals surface area contributed by atoms with Crippen LogP contribution >= 0.6 is 0 Å². The summed E-state index contributed by atoms with van der Waals surface area (Å²) in [5.41, 5.74) is 1.22. The lowest BCUT2D eigenvalue weighted by molar-refractivity contribution is 0.00378. The topological polar surface area (TPSA) is 33.7 Å². The molecule has 1 N–H and O–H groups in total. The van der Waals surface area contributed by atoms with Gasteiger partial charge in [0.15, 0.2) is 0 Å². The minimum absolute atomic E-state index is 0.274. The van der Waals surface area contributed by atoms with Crippen molar-refractivity contribution in [1.82, 2.24) is 10.2 Å². The summed E-state index contributed by atoms with van der Waals surface area (Å²) in [4.78, 5) is 2.32. The molecule has 0 saturated carbocycles. The molecule has 2 rings (SSSR count). The van der Waals surface area contributed by atoms with Crippen molar-refractivity contribution in [3.63, 3.8) is 0 Å². The molecule has 1 fully saturated rings. The highest BCUT2D eigenvalue weighted by Gasteiger charge is 2.21. The zero-order chi connectivity index (χ0) is 13.7. The Hall–Kier alpha value is -1.10. The Kier molecular flexibility index (Phi) is 5.19. The summed E-state index contributed by atoms with van der Waals surface area (Å²) in [6, 6.07) is 8.50. The maximum Gasteiger partial charge on any atom is 0.123 e. The van der Waals surface area contributed by atoms with Crippen molar-refractivity contribution in [3.8, 4) is 5.75 Å². The van der Waals surface area contributed by atoms with Crippen molar-refractivity contribution in [3.05, 3.63) is 29.8 Å². The predicted molar refractivity (Wildman–Crippen MR) is 76.6 cm³/mol. The molecule has 1 aromatic carbocycles. The Morgan fingerprint density at radius 2 is 2.26 bits per heavy atom. The van der Waals surface area contributed by atoms with Gasteiger partial charge in [0.05, 0.1) is 19.8 Å². The summed E-state index contributed by atoms with van der Waals surface area (Å²) in [7, 11) is 3.86. The van der Waals surface area contributed by atoms with Crippen LogP contribution in [0.4, 0.5) is 0 Å². The van der Waals surface area contributed by atoms with Gasteiger partial charge in [0, 0.05) is 31.2 Å². The van der Waals surface area contributed by atoms with Gasteiger partial charge in [-0.1, -0.05) is 18.2 Å².